The Bertz CT molecular complexity index is 453. The summed E-state index contributed by atoms with van der Waals surface area (Å²) in [4.78, 5) is 18.6. The van der Waals surface area contributed by atoms with Gasteiger partial charge in [0.25, 0.3) is 5.91 Å². The molecule has 0 spiro atoms. The molecule has 0 unspecified atom stereocenters. The van der Waals surface area contributed by atoms with Crippen LogP contribution in [0.15, 0.2) is 6.07 Å². The van der Waals surface area contributed by atoms with Crippen LogP contribution in [0.4, 0.5) is 5.69 Å². The van der Waals surface area contributed by atoms with Gasteiger partial charge in [0.05, 0.1) is 5.69 Å². The van der Waals surface area contributed by atoms with E-state index in [1.165, 1.54) is 0 Å². The first-order valence-corrected chi connectivity index (χ1v) is 6.29. The number of amides is 1. The Hall–Kier alpha value is -1.62. The van der Waals surface area contributed by atoms with Crippen LogP contribution in [0.5, 0.6) is 0 Å². The van der Waals surface area contributed by atoms with Crippen LogP contribution < -0.4 is 15.5 Å². The van der Waals surface area contributed by atoms with E-state index in [-0.39, 0.29) is 5.91 Å². The highest BCUT2D eigenvalue weighted by Crippen LogP contribution is 2.25. The lowest BCUT2D eigenvalue weighted by atomic mass is 10.1. The molecule has 18 heavy (non-hydrogen) atoms. The van der Waals surface area contributed by atoms with E-state index in [4.69, 9.17) is 0 Å². The summed E-state index contributed by atoms with van der Waals surface area (Å²) >= 11 is 0. The molecule has 0 atom stereocenters. The molecule has 2 N–H and O–H groups in total. The molecule has 2 heterocycles. The SMILES string of the molecule is CNC(=O)c1nc(C)cc(C)c1N1CCNCC1. The molecule has 0 aromatic carbocycles. The molecule has 0 radical (unpaired) electrons. The molecule has 5 nitrogen and oxygen atoms in total. The van der Waals surface area contributed by atoms with Gasteiger partial charge in [-0.15, -0.1) is 0 Å². The highest BCUT2D eigenvalue weighted by Gasteiger charge is 2.21. The summed E-state index contributed by atoms with van der Waals surface area (Å²) < 4.78 is 0. The van der Waals surface area contributed by atoms with E-state index >= 15 is 0 Å². The zero-order valence-electron chi connectivity index (χ0n) is 11.2. The van der Waals surface area contributed by atoms with Gasteiger partial charge in [-0.25, -0.2) is 4.98 Å². The van der Waals surface area contributed by atoms with Gasteiger partial charge < -0.3 is 15.5 Å². The van der Waals surface area contributed by atoms with E-state index in [1.807, 2.05) is 19.9 Å². The number of hydrogen-bond acceptors (Lipinski definition) is 4. The van der Waals surface area contributed by atoms with Gasteiger partial charge in [-0.2, -0.15) is 0 Å². The zero-order valence-corrected chi connectivity index (χ0v) is 11.2. The Labute approximate surface area is 108 Å². The number of nitrogens with one attached hydrogen (secondary N) is 2. The van der Waals surface area contributed by atoms with E-state index < -0.39 is 0 Å². The van der Waals surface area contributed by atoms with Crippen molar-refractivity contribution < 1.29 is 4.79 Å². The number of piperazine rings is 1. The van der Waals surface area contributed by atoms with Crippen molar-refractivity contribution in [2.45, 2.75) is 13.8 Å². The molecule has 1 amide bonds. The highest BCUT2D eigenvalue weighted by molar-refractivity contribution is 5.98. The fourth-order valence-electron chi connectivity index (χ4n) is 2.39. The summed E-state index contributed by atoms with van der Waals surface area (Å²) in [7, 11) is 1.64. The third-order valence-corrected chi connectivity index (χ3v) is 3.19. The van der Waals surface area contributed by atoms with Crippen molar-refractivity contribution in [3.8, 4) is 0 Å². The van der Waals surface area contributed by atoms with E-state index in [2.05, 4.69) is 20.5 Å². The Morgan fingerprint density at radius 3 is 2.67 bits per heavy atom. The fourth-order valence-corrected chi connectivity index (χ4v) is 2.39. The summed E-state index contributed by atoms with van der Waals surface area (Å²) in [6, 6.07) is 2.03. The third kappa shape index (κ3) is 2.46. The Morgan fingerprint density at radius 2 is 2.06 bits per heavy atom. The van der Waals surface area contributed by atoms with Crippen LogP contribution in [0.25, 0.3) is 0 Å². The van der Waals surface area contributed by atoms with Crippen LogP contribution in [0.3, 0.4) is 0 Å². The van der Waals surface area contributed by atoms with Crippen molar-refractivity contribution in [2.75, 3.05) is 38.1 Å². The molecule has 1 aromatic rings. The van der Waals surface area contributed by atoms with Gasteiger partial charge in [-0.05, 0) is 25.5 Å². The summed E-state index contributed by atoms with van der Waals surface area (Å²) in [5, 5.41) is 5.99. The van der Waals surface area contributed by atoms with Gasteiger partial charge in [0.15, 0.2) is 5.69 Å². The van der Waals surface area contributed by atoms with Gasteiger partial charge in [0.1, 0.15) is 0 Å². The number of rotatable bonds is 2. The molecule has 2 rings (SSSR count). The van der Waals surface area contributed by atoms with E-state index in [1.54, 1.807) is 7.05 Å². The Morgan fingerprint density at radius 1 is 1.39 bits per heavy atom. The monoisotopic (exact) mass is 248 g/mol. The smallest absolute Gasteiger partial charge is 0.271 e. The number of aryl methyl sites for hydroxylation is 2. The lowest BCUT2D eigenvalue weighted by molar-refractivity contribution is 0.0958. The molecule has 0 bridgehead atoms. The van der Waals surface area contributed by atoms with Crippen LogP contribution >= 0.6 is 0 Å². The first kappa shape index (κ1) is 12.8. The van der Waals surface area contributed by atoms with Gasteiger partial charge >= 0.3 is 0 Å². The number of anilines is 1. The number of nitrogens with zero attached hydrogens (tertiary/aromatic N) is 2. The van der Waals surface area contributed by atoms with Crippen LogP contribution in [0.2, 0.25) is 0 Å². The Balaban J connectivity index is 2.45. The maximum Gasteiger partial charge on any atom is 0.271 e. The van der Waals surface area contributed by atoms with Crippen molar-refractivity contribution in [2.24, 2.45) is 0 Å². The predicted molar refractivity (Wildman–Crippen MR) is 72.2 cm³/mol. The molecule has 1 aromatic heterocycles. The summed E-state index contributed by atoms with van der Waals surface area (Å²) in [5.74, 6) is -0.115. The topological polar surface area (TPSA) is 57.3 Å². The van der Waals surface area contributed by atoms with Crippen molar-refractivity contribution in [3.63, 3.8) is 0 Å². The lowest BCUT2D eigenvalue weighted by Gasteiger charge is -2.31. The van der Waals surface area contributed by atoms with Gasteiger partial charge in [0.2, 0.25) is 0 Å². The maximum absolute atomic E-state index is 12.0. The van der Waals surface area contributed by atoms with Crippen LogP contribution in [0.1, 0.15) is 21.7 Å². The quantitative estimate of drug-likeness (QED) is 0.799. The van der Waals surface area contributed by atoms with Gasteiger partial charge in [0, 0.05) is 38.9 Å². The number of carbonyl (C=O) groups is 1. The Kier molecular flexibility index (Phi) is 3.81. The highest BCUT2D eigenvalue weighted by atomic mass is 16.1. The van der Waals surface area contributed by atoms with Crippen molar-refractivity contribution in [1.82, 2.24) is 15.6 Å². The molecule has 1 fully saturated rings. The van der Waals surface area contributed by atoms with E-state index in [0.29, 0.717) is 5.69 Å². The predicted octanol–water partition coefficient (Wildman–Crippen LogP) is 0.468. The van der Waals surface area contributed by atoms with E-state index in [0.717, 1.165) is 43.1 Å². The minimum atomic E-state index is -0.115. The minimum absolute atomic E-state index is 0.115. The first-order valence-electron chi connectivity index (χ1n) is 6.29. The second kappa shape index (κ2) is 5.35. The number of aromatic nitrogens is 1. The average molecular weight is 248 g/mol. The second-order valence-corrected chi connectivity index (χ2v) is 4.59. The summed E-state index contributed by atoms with van der Waals surface area (Å²) in [6.07, 6.45) is 0. The van der Waals surface area contributed by atoms with Crippen molar-refractivity contribution >= 4 is 11.6 Å². The molecule has 1 saturated heterocycles. The normalized spacial score (nSPS) is 15.6. The van der Waals surface area contributed by atoms with Crippen LogP contribution in [0, 0.1) is 13.8 Å². The van der Waals surface area contributed by atoms with Crippen LogP contribution in [-0.2, 0) is 0 Å². The lowest BCUT2D eigenvalue weighted by Crippen LogP contribution is -2.44. The zero-order chi connectivity index (χ0) is 13.1. The first-order chi connectivity index (χ1) is 8.63. The molecule has 1 aliphatic heterocycles. The fraction of sp³-hybridized carbons (Fsp3) is 0.538. The average Bonchev–Trinajstić information content (AvgIpc) is 2.38. The molecule has 1 aliphatic rings. The van der Waals surface area contributed by atoms with Crippen LogP contribution in [-0.4, -0.2) is 44.1 Å². The molecule has 0 saturated carbocycles. The van der Waals surface area contributed by atoms with Gasteiger partial charge in [-0.1, -0.05) is 0 Å². The number of pyridine rings is 1. The standard InChI is InChI=1S/C13H20N4O/c1-9-8-10(2)16-11(13(18)14-3)12(9)17-6-4-15-5-7-17/h8,15H,4-7H2,1-3H3,(H,14,18). The molecular formula is C13H20N4O. The van der Waals surface area contributed by atoms with Crippen molar-refractivity contribution in [1.29, 1.82) is 0 Å². The molecular weight excluding hydrogens is 228 g/mol. The molecule has 0 aliphatic carbocycles. The van der Waals surface area contributed by atoms with Crippen molar-refractivity contribution in [3.05, 3.63) is 23.0 Å². The molecule has 98 valence electrons. The minimum Gasteiger partial charge on any atom is -0.367 e. The summed E-state index contributed by atoms with van der Waals surface area (Å²) in [6.45, 7) is 7.67. The molecule has 5 heteroatoms. The number of hydrogen-bond donors (Lipinski definition) is 2. The van der Waals surface area contributed by atoms with E-state index in [9.17, 15) is 4.79 Å². The third-order valence-electron chi connectivity index (χ3n) is 3.19. The van der Waals surface area contributed by atoms with Gasteiger partial charge in [-0.3, -0.25) is 4.79 Å². The largest absolute Gasteiger partial charge is 0.367 e. The summed E-state index contributed by atoms with van der Waals surface area (Å²) in [5.41, 5.74) is 3.51. The second-order valence-electron chi connectivity index (χ2n) is 4.59. The number of carbonyl (C=O) groups excluding carboxylic acids is 1. The maximum atomic E-state index is 12.0.